The lowest BCUT2D eigenvalue weighted by Gasteiger charge is -2.05. The van der Waals surface area contributed by atoms with E-state index in [1.54, 1.807) is 6.20 Å². The maximum atomic E-state index is 9.04. The van der Waals surface area contributed by atoms with Gasteiger partial charge in [0.2, 0.25) is 0 Å². The average molecular weight is 273 g/mol. The Morgan fingerprint density at radius 2 is 2.12 bits per heavy atom. The molecule has 3 heteroatoms. The van der Waals surface area contributed by atoms with Gasteiger partial charge in [-0.2, -0.15) is 5.26 Å². The van der Waals surface area contributed by atoms with Crippen LogP contribution in [0.15, 0.2) is 41.0 Å². The topological polar surface area (TPSA) is 36.7 Å². The molecule has 0 amide bonds. The third-order valence-electron chi connectivity index (χ3n) is 2.30. The van der Waals surface area contributed by atoms with Crippen LogP contribution in [-0.2, 0) is 0 Å². The molecular weight excluding hydrogens is 264 g/mol. The fraction of sp³-hybridized carbons (Fsp3) is 0.0769. The van der Waals surface area contributed by atoms with Crippen molar-refractivity contribution < 1.29 is 0 Å². The molecule has 0 radical (unpaired) electrons. The van der Waals surface area contributed by atoms with E-state index in [-0.39, 0.29) is 0 Å². The van der Waals surface area contributed by atoms with Crippen LogP contribution in [0.4, 0.5) is 0 Å². The molecule has 2 aromatic rings. The standard InChI is InChI=1S/C13H9BrN2/c1-9-5-13(11(7-15)8-16-9)10-3-2-4-12(14)6-10/h2-6,8H,1H3. The lowest BCUT2D eigenvalue weighted by Crippen LogP contribution is -1.89. The molecule has 78 valence electrons. The second kappa shape index (κ2) is 4.46. The minimum atomic E-state index is 0.601. The molecule has 0 saturated heterocycles. The van der Waals surface area contributed by atoms with Crippen LogP contribution in [0.5, 0.6) is 0 Å². The predicted octanol–water partition coefficient (Wildman–Crippen LogP) is 3.69. The molecule has 0 aliphatic heterocycles. The Hall–Kier alpha value is -1.66. The summed E-state index contributed by atoms with van der Waals surface area (Å²) in [5, 5.41) is 9.04. The number of nitriles is 1. The van der Waals surface area contributed by atoms with Gasteiger partial charge in [-0.3, -0.25) is 4.98 Å². The molecular formula is C13H9BrN2. The SMILES string of the molecule is Cc1cc(-c2cccc(Br)c2)c(C#N)cn1. The maximum absolute atomic E-state index is 9.04. The van der Waals surface area contributed by atoms with Crippen molar-refractivity contribution in [3.8, 4) is 17.2 Å². The molecule has 2 rings (SSSR count). The van der Waals surface area contributed by atoms with E-state index in [9.17, 15) is 0 Å². The summed E-state index contributed by atoms with van der Waals surface area (Å²) in [6.45, 7) is 1.92. The van der Waals surface area contributed by atoms with Crippen LogP contribution in [-0.4, -0.2) is 4.98 Å². The Morgan fingerprint density at radius 1 is 1.31 bits per heavy atom. The van der Waals surface area contributed by atoms with Crippen molar-refractivity contribution in [2.24, 2.45) is 0 Å². The molecule has 1 aromatic heterocycles. The number of halogens is 1. The van der Waals surface area contributed by atoms with E-state index in [0.717, 1.165) is 21.3 Å². The largest absolute Gasteiger partial charge is 0.260 e. The van der Waals surface area contributed by atoms with E-state index in [2.05, 4.69) is 27.0 Å². The van der Waals surface area contributed by atoms with E-state index in [0.29, 0.717) is 5.56 Å². The second-order valence-electron chi connectivity index (χ2n) is 3.49. The summed E-state index contributed by atoms with van der Waals surface area (Å²) < 4.78 is 1.00. The van der Waals surface area contributed by atoms with Gasteiger partial charge in [-0.25, -0.2) is 0 Å². The summed E-state index contributed by atoms with van der Waals surface area (Å²) in [6.07, 6.45) is 1.62. The van der Waals surface area contributed by atoms with Crippen LogP contribution in [0.25, 0.3) is 11.1 Å². The smallest absolute Gasteiger partial charge is 0.101 e. The van der Waals surface area contributed by atoms with Crippen molar-refractivity contribution in [2.45, 2.75) is 6.92 Å². The summed E-state index contributed by atoms with van der Waals surface area (Å²) in [4.78, 5) is 4.12. The van der Waals surface area contributed by atoms with Crippen molar-refractivity contribution in [3.63, 3.8) is 0 Å². The number of hydrogen-bond donors (Lipinski definition) is 0. The van der Waals surface area contributed by atoms with E-state index < -0.39 is 0 Å². The molecule has 0 saturated carbocycles. The van der Waals surface area contributed by atoms with Crippen molar-refractivity contribution in [3.05, 3.63) is 52.3 Å². The van der Waals surface area contributed by atoms with Gasteiger partial charge in [0.1, 0.15) is 6.07 Å². The highest BCUT2D eigenvalue weighted by molar-refractivity contribution is 9.10. The Balaban J connectivity index is 2.64. The number of hydrogen-bond acceptors (Lipinski definition) is 2. The zero-order chi connectivity index (χ0) is 11.5. The van der Waals surface area contributed by atoms with E-state index in [1.165, 1.54) is 0 Å². The fourth-order valence-corrected chi connectivity index (χ4v) is 1.94. The second-order valence-corrected chi connectivity index (χ2v) is 4.41. The minimum absolute atomic E-state index is 0.601. The average Bonchev–Trinajstić information content (AvgIpc) is 2.29. The molecule has 0 spiro atoms. The zero-order valence-corrected chi connectivity index (χ0v) is 10.3. The number of benzene rings is 1. The van der Waals surface area contributed by atoms with Crippen LogP contribution in [0.2, 0.25) is 0 Å². The van der Waals surface area contributed by atoms with Gasteiger partial charge in [-0.1, -0.05) is 28.1 Å². The lowest BCUT2D eigenvalue weighted by atomic mass is 10.0. The van der Waals surface area contributed by atoms with Gasteiger partial charge in [-0.15, -0.1) is 0 Å². The van der Waals surface area contributed by atoms with E-state index >= 15 is 0 Å². The first-order valence-electron chi connectivity index (χ1n) is 4.83. The van der Waals surface area contributed by atoms with Crippen LogP contribution < -0.4 is 0 Å². The summed E-state index contributed by atoms with van der Waals surface area (Å²) in [5.74, 6) is 0. The van der Waals surface area contributed by atoms with Gasteiger partial charge in [0.05, 0.1) is 5.56 Å². The highest BCUT2D eigenvalue weighted by atomic mass is 79.9. The van der Waals surface area contributed by atoms with Gasteiger partial charge in [0.15, 0.2) is 0 Å². The third kappa shape index (κ3) is 2.12. The first kappa shape index (κ1) is 10.8. The number of aryl methyl sites for hydroxylation is 1. The van der Waals surface area contributed by atoms with Crippen molar-refractivity contribution in [1.82, 2.24) is 4.98 Å². The fourth-order valence-electron chi connectivity index (χ4n) is 1.54. The summed E-state index contributed by atoms with van der Waals surface area (Å²) in [5.41, 5.74) is 3.46. The molecule has 2 nitrogen and oxygen atoms in total. The van der Waals surface area contributed by atoms with Crippen LogP contribution in [0.1, 0.15) is 11.3 Å². The van der Waals surface area contributed by atoms with Gasteiger partial charge in [0.25, 0.3) is 0 Å². The molecule has 0 aliphatic rings. The molecule has 0 N–H and O–H groups in total. The molecule has 0 unspecified atom stereocenters. The Labute approximate surface area is 103 Å². The maximum Gasteiger partial charge on any atom is 0.101 e. The summed E-state index contributed by atoms with van der Waals surface area (Å²) >= 11 is 3.43. The van der Waals surface area contributed by atoms with E-state index in [1.807, 2.05) is 37.3 Å². The Kier molecular flexibility index (Phi) is 3.02. The monoisotopic (exact) mass is 272 g/mol. The van der Waals surface area contributed by atoms with Crippen molar-refractivity contribution in [2.75, 3.05) is 0 Å². The molecule has 0 fully saturated rings. The quantitative estimate of drug-likeness (QED) is 0.794. The lowest BCUT2D eigenvalue weighted by molar-refractivity contribution is 1.19. The molecule has 0 bridgehead atoms. The summed E-state index contributed by atoms with van der Waals surface area (Å²) in [6, 6.07) is 12.0. The van der Waals surface area contributed by atoms with E-state index in [4.69, 9.17) is 5.26 Å². The Morgan fingerprint density at radius 3 is 2.81 bits per heavy atom. The third-order valence-corrected chi connectivity index (χ3v) is 2.79. The minimum Gasteiger partial charge on any atom is -0.260 e. The predicted molar refractivity (Wildman–Crippen MR) is 66.8 cm³/mol. The highest BCUT2D eigenvalue weighted by Crippen LogP contribution is 2.26. The number of rotatable bonds is 1. The van der Waals surface area contributed by atoms with Gasteiger partial charge in [-0.05, 0) is 30.7 Å². The van der Waals surface area contributed by atoms with Gasteiger partial charge >= 0.3 is 0 Å². The number of nitrogens with zero attached hydrogens (tertiary/aromatic N) is 2. The van der Waals surface area contributed by atoms with Crippen molar-refractivity contribution in [1.29, 1.82) is 5.26 Å². The molecule has 1 heterocycles. The van der Waals surface area contributed by atoms with Crippen molar-refractivity contribution >= 4 is 15.9 Å². The first-order valence-corrected chi connectivity index (χ1v) is 5.62. The molecule has 0 aliphatic carbocycles. The normalized spacial score (nSPS) is 9.81. The number of pyridine rings is 1. The molecule has 1 aromatic carbocycles. The van der Waals surface area contributed by atoms with Crippen LogP contribution in [0, 0.1) is 18.3 Å². The zero-order valence-electron chi connectivity index (χ0n) is 8.74. The summed E-state index contributed by atoms with van der Waals surface area (Å²) in [7, 11) is 0. The van der Waals surface area contributed by atoms with Gasteiger partial charge < -0.3 is 0 Å². The Bertz CT molecular complexity index is 570. The highest BCUT2D eigenvalue weighted by Gasteiger charge is 2.06. The van der Waals surface area contributed by atoms with Crippen LogP contribution >= 0.6 is 15.9 Å². The first-order chi connectivity index (χ1) is 7.70. The van der Waals surface area contributed by atoms with Crippen LogP contribution in [0.3, 0.4) is 0 Å². The number of aromatic nitrogens is 1. The molecule has 0 atom stereocenters. The van der Waals surface area contributed by atoms with Gasteiger partial charge in [0, 0.05) is 21.9 Å². The molecule has 16 heavy (non-hydrogen) atoms.